The lowest BCUT2D eigenvalue weighted by atomic mass is 9.84. The number of carboxylic acids is 1. The van der Waals surface area contributed by atoms with Crippen molar-refractivity contribution in [1.82, 2.24) is 0 Å². The zero-order valence-corrected chi connectivity index (χ0v) is 9.16. The summed E-state index contributed by atoms with van der Waals surface area (Å²) in [5.41, 5.74) is -0.531. The second-order valence-corrected chi connectivity index (χ2v) is 4.04. The van der Waals surface area contributed by atoms with Gasteiger partial charge in [0.1, 0.15) is 6.10 Å². The highest BCUT2D eigenvalue weighted by Crippen LogP contribution is 2.27. The summed E-state index contributed by atoms with van der Waals surface area (Å²) in [4.78, 5) is 21.5. The Labute approximate surface area is 84.3 Å². The Hall–Kier alpha value is -1.06. The van der Waals surface area contributed by atoms with Crippen molar-refractivity contribution >= 4 is 11.9 Å². The minimum atomic E-state index is -0.880. The normalized spacial score (nSPS) is 13.4. The van der Waals surface area contributed by atoms with Crippen molar-refractivity contribution in [2.45, 2.75) is 46.6 Å². The summed E-state index contributed by atoms with van der Waals surface area (Å²) in [5, 5.41) is 8.65. The van der Waals surface area contributed by atoms with Gasteiger partial charge in [-0.25, -0.2) is 0 Å². The van der Waals surface area contributed by atoms with E-state index in [0.717, 1.165) is 0 Å². The van der Waals surface area contributed by atoms with Crippen LogP contribution in [-0.2, 0) is 14.3 Å². The molecule has 0 fully saturated rings. The van der Waals surface area contributed by atoms with Gasteiger partial charge in [-0.3, -0.25) is 9.59 Å². The molecule has 4 heteroatoms. The quantitative estimate of drug-likeness (QED) is 0.691. The summed E-state index contributed by atoms with van der Waals surface area (Å²) in [6.45, 7) is 6.97. The summed E-state index contributed by atoms with van der Waals surface area (Å²) in [7, 11) is 0. The fourth-order valence-corrected chi connectivity index (χ4v) is 0.974. The number of esters is 1. The smallest absolute Gasteiger partial charge is 0.305 e. The van der Waals surface area contributed by atoms with Crippen LogP contribution in [-0.4, -0.2) is 23.1 Å². The summed E-state index contributed by atoms with van der Waals surface area (Å²) >= 11 is 0. The summed E-state index contributed by atoms with van der Waals surface area (Å²) in [5.74, 6) is -1.18. The third kappa shape index (κ3) is 4.25. The van der Waals surface area contributed by atoms with E-state index in [1.807, 2.05) is 0 Å². The third-order valence-electron chi connectivity index (χ3n) is 2.30. The molecule has 0 aromatic heterocycles. The first kappa shape index (κ1) is 12.9. The highest BCUT2D eigenvalue weighted by Gasteiger charge is 2.31. The molecule has 0 bridgehead atoms. The summed E-state index contributed by atoms with van der Waals surface area (Å²) in [6, 6.07) is 0. The van der Waals surface area contributed by atoms with Crippen molar-refractivity contribution < 1.29 is 19.4 Å². The van der Waals surface area contributed by atoms with Crippen LogP contribution in [0, 0.1) is 5.41 Å². The van der Waals surface area contributed by atoms with Crippen LogP contribution in [0.25, 0.3) is 0 Å². The minimum Gasteiger partial charge on any atom is -0.481 e. The first-order valence-electron chi connectivity index (χ1n) is 4.71. The largest absolute Gasteiger partial charge is 0.481 e. The number of hydrogen-bond donors (Lipinski definition) is 1. The van der Waals surface area contributed by atoms with Gasteiger partial charge in [-0.2, -0.15) is 0 Å². The van der Waals surface area contributed by atoms with Crippen LogP contribution in [0.2, 0.25) is 0 Å². The molecule has 0 aliphatic rings. The van der Waals surface area contributed by atoms with E-state index in [0.29, 0.717) is 6.42 Å². The van der Waals surface area contributed by atoms with Crippen LogP contribution >= 0.6 is 0 Å². The van der Waals surface area contributed by atoms with Gasteiger partial charge in [-0.15, -0.1) is 0 Å². The van der Waals surface area contributed by atoms with Gasteiger partial charge in [-0.1, -0.05) is 20.8 Å². The van der Waals surface area contributed by atoms with E-state index in [2.05, 4.69) is 0 Å². The molecule has 14 heavy (non-hydrogen) atoms. The molecule has 0 rings (SSSR count). The Balaban J connectivity index is 4.27. The number of hydrogen-bond acceptors (Lipinski definition) is 3. The summed E-state index contributed by atoms with van der Waals surface area (Å²) in [6.07, 6.45) is -0.0791. The molecule has 0 aliphatic heterocycles. The molecule has 0 saturated carbocycles. The SMILES string of the molecule is CCC(=O)OC(C)C(C)(C)CC(=O)O. The van der Waals surface area contributed by atoms with E-state index < -0.39 is 11.4 Å². The Morgan fingerprint density at radius 3 is 2.29 bits per heavy atom. The molecule has 1 unspecified atom stereocenters. The zero-order chi connectivity index (χ0) is 11.4. The van der Waals surface area contributed by atoms with Crippen LogP contribution in [0.15, 0.2) is 0 Å². The van der Waals surface area contributed by atoms with E-state index in [4.69, 9.17) is 9.84 Å². The number of carboxylic acid groups (broad SMARTS) is 1. The van der Waals surface area contributed by atoms with Crippen LogP contribution in [0.5, 0.6) is 0 Å². The second-order valence-electron chi connectivity index (χ2n) is 4.04. The lowest BCUT2D eigenvalue weighted by Gasteiger charge is -2.29. The number of carbonyl (C=O) groups is 2. The van der Waals surface area contributed by atoms with Crippen LogP contribution in [0.3, 0.4) is 0 Å². The molecular weight excluding hydrogens is 184 g/mol. The van der Waals surface area contributed by atoms with E-state index >= 15 is 0 Å². The van der Waals surface area contributed by atoms with Gasteiger partial charge in [0, 0.05) is 11.8 Å². The first-order valence-corrected chi connectivity index (χ1v) is 4.71. The number of carbonyl (C=O) groups excluding carboxylic acids is 1. The molecule has 0 aromatic rings. The van der Waals surface area contributed by atoms with Crippen LogP contribution in [0.1, 0.15) is 40.5 Å². The van der Waals surface area contributed by atoms with E-state index in [1.165, 1.54) is 0 Å². The number of aliphatic carboxylic acids is 1. The van der Waals surface area contributed by atoms with Gasteiger partial charge in [-0.05, 0) is 6.92 Å². The predicted octanol–water partition coefficient (Wildman–Crippen LogP) is 1.83. The maximum Gasteiger partial charge on any atom is 0.305 e. The van der Waals surface area contributed by atoms with Gasteiger partial charge < -0.3 is 9.84 Å². The van der Waals surface area contributed by atoms with Gasteiger partial charge in [0.15, 0.2) is 0 Å². The molecule has 1 atom stereocenters. The standard InChI is InChI=1S/C10H18O4/c1-5-9(13)14-7(2)10(3,4)6-8(11)12/h7H,5-6H2,1-4H3,(H,11,12). The Morgan fingerprint density at radius 2 is 1.93 bits per heavy atom. The molecule has 0 aliphatic carbocycles. The molecule has 0 amide bonds. The third-order valence-corrected chi connectivity index (χ3v) is 2.30. The molecule has 0 saturated heterocycles. The van der Waals surface area contributed by atoms with E-state index in [9.17, 15) is 9.59 Å². The molecule has 0 radical (unpaired) electrons. The van der Waals surface area contributed by atoms with Crippen molar-refractivity contribution in [3.05, 3.63) is 0 Å². The highest BCUT2D eigenvalue weighted by atomic mass is 16.5. The average molecular weight is 202 g/mol. The van der Waals surface area contributed by atoms with Crippen molar-refractivity contribution in [2.24, 2.45) is 5.41 Å². The lowest BCUT2D eigenvalue weighted by Crippen LogP contribution is -2.33. The lowest BCUT2D eigenvalue weighted by molar-refractivity contribution is -0.157. The van der Waals surface area contributed by atoms with Crippen LogP contribution < -0.4 is 0 Å². The van der Waals surface area contributed by atoms with Gasteiger partial charge >= 0.3 is 11.9 Å². The van der Waals surface area contributed by atoms with Crippen molar-refractivity contribution in [2.75, 3.05) is 0 Å². The molecule has 0 heterocycles. The fraction of sp³-hybridized carbons (Fsp3) is 0.800. The van der Waals surface area contributed by atoms with Crippen molar-refractivity contribution in [1.29, 1.82) is 0 Å². The predicted molar refractivity (Wildman–Crippen MR) is 51.9 cm³/mol. The fourth-order valence-electron chi connectivity index (χ4n) is 0.974. The number of rotatable bonds is 5. The molecule has 1 N–H and O–H groups in total. The highest BCUT2D eigenvalue weighted by molar-refractivity contribution is 5.70. The molecule has 82 valence electrons. The Morgan fingerprint density at radius 1 is 1.43 bits per heavy atom. The molecule has 0 spiro atoms. The van der Waals surface area contributed by atoms with Crippen molar-refractivity contribution in [3.63, 3.8) is 0 Å². The Bertz CT molecular complexity index is 220. The Kier molecular flexibility index (Phi) is 4.60. The van der Waals surface area contributed by atoms with E-state index in [1.54, 1.807) is 27.7 Å². The monoisotopic (exact) mass is 202 g/mol. The minimum absolute atomic E-state index is 0.00877. The van der Waals surface area contributed by atoms with Crippen LogP contribution in [0.4, 0.5) is 0 Å². The number of ether oxygens (including phenoxy) is 1. The summed E-state index contributed by atoms with van der Waals surface area (Å²) < 4.78 is 5.06. The second kappa shape index (κ2) is 4.98. The average Bonchev–Trinajstić information content (AvgIpc) is 2.01. The zero-order valence-electron chi connectivity index (χ0n) is 9.16. The molecule has 0 aromatic carbocycles. The van der Waals surface area contributed by atoms with Gasteiger partial charge in [0.2, 0.25) is 0 Å². The van der Waals surface area contributed by atoms with E-state index in [-0.39, 0.29) is 18.5 Å². The first-order chi connectivity index (χ1) is 6.29. The molecule has 4 nitrogen and oxygen atoms in total. The topological polar surface area (TPSA) is 63.6 Å². The van der Waals surface area contributed by atoms with Crippen molar-refractivity contribution in [3.8, 4) is 0 Å². The maximum absolute atomic E-state index is 11.0. The van der Waals surface area contributed by atoms with Gasteiger partial charge in [0.05, 0.1) is 6.42 Å². The molecular formula is C10H18O4. The van der Waals surface area contributed by atoms with Gasteiger partial charge in [0.25, 0.3) is 0 Å². The maximum atomic E-state index is 11.0.